The van der Waals surface area contributed by atoms with Crippen LogP contribution in [0.1, 0.15) is 38.2 Å². The van der Waals surface area contributed by atoms with Crippen molar-refractivity contribution in [2.75, 3.05) is 31.1 Å². The molecule has 0 aliphatic carbocycles. The summed E-state index contributed by atoms with van der Waals surface area (Å²) in [5, 5.41) is 16.5. The third-order valence-corrected chi connectivity index (χ3v) is 6.85. The van der Waals surface area contributed by atoms with Crippen LogP contribution < -0.4 is 4.90 Å². The number of anilines is 1. The maximum atomic E-state index is 14.4. The molecule has 2 aliphatic heterocycles. The zero-order valence-electron chi connectivity index (χ0n) is 18.3. The molecule has 31 heavy (non-hydrogen) atoms. The Kier molecular flexibility index (Phi) is 6.25. The SMILES string of the molecule is C=C1CCN(c2cc(F)ccc2C(O)(Cn2cncn2)[C@@H](C)N2CCC(=C)CC2)CC1. The van der Waals surface area contributed by atoms with Gasteiger partial charge < -0.3 is 10.0 Å². The summed E-state index contributed by atoms with van der Waals surface area (Å²) < 4.78 is 16.0. The van der Waals surface area contributed by atoms with Gasteiger partial charge >= 0.3 is 0 Å². The fourth-order valence-electron chi connectivity index (χ4n) is 4.73. The quantitative estimate of drug-likeness (QED) is 0.718. The van der Waals surface area contributed by atoms with Crippen molar-refractivity contribution in [3.63, 3.8) is 0 Å². The monoisotopic (exact) mass is 425 g/mol. The van der Waals surface area contributed by atoms with Crippen molar-refractivity contribution in [2.45, 2.75) is 50.8 Å². The number of hydrogen-bond acceptors (Lipinski definition) is 5. The number of piperidine rings is 2. The van der Waals surface area contributed by atoms with Gasteiger partial charge in [-0.05, 0) is 44.7 Å². The molecule has 1 unspecified atom stereocenters. The van der Waals surface area contributed by atoms with E-state index in [-0.39, 0.29) is 18.4 Å². The summed E-state index contributed by atoms with van der Waals surface area (Å²) in [6.07, 6.45) is 6.69. The van der Waals surface area contributed by atoms with Crippen molar-refractivity contribution in [2.24, 2.45) is 0 Å². The van der Waals surface area contributed by atoms with E-state index in [0.29, 0.717) is 0 Å². The zero-order valence-corrected chi connectivity index (χ0v) is 18.3. The molecule has 2 aliphatic rings. The van der Waals surface area contributed by atoms with Crippen LogP contribution in [-0.2, 0) is 12.1 Å². The minimum atomic E-state index is -1.27. The van der Waals surface area contributed by atoms with Gasteiger partial charge in [0, 0.05) is 43.5 Å². The minimum absolute atomic E-state index is 0.200. The van der Waals surface area contributed by atoms with Crippen LogP contribution in [-0.4, -0.2) is 57.0 Å². The average Bonchev–Trinajstić information content (AvgIpc) is 3.27. The number of aromatic nitrogens is 3. The molecule has 2 aromatic rings. The third kappa shape index (κ3) is 4.57. The smallest absolute Gasteiger partial charge is 0.137 e. The van der Waals surface area contributed by atoms with Crippen molar-refractivity contribution in [1.29, 1.82) is 0 Å². The number of rotatable bonds is 6. The molecule has 6 nitrogen and oxygen atoms in total. The fourth-order valence-corrected chi connectivity index (χ4v) is 4.73. The van der Waals surface area contributed by atoms with Gasteiger partial charge in [0.05, 0.1) is 6.54 Å². The van der Waals surface area contributed by atoms with Crippen LogP contribution in [0.4, 0.5) is 10.1 Å². The number of likely N-dealkylation sites (tertiary alicyclic amines) is 1. The Bertz CT molecular complexity index is 923. The van der Waals surface area contributed by atoms with E-state index in [4.69, 9.17) is 0 Å². The maximum Gasteiger partial charge on any atom is 0.137 e. The molecular formula is C24H32FN5O. The van der Waals surface area contributed by atoms with Gasteiger partial charge in [-0.1, -0.05) is 30.4 Å². The summed E-state index contributed by atoms with van der Waals surface area (Å²) in [7, 11) is 0. The summed E-state index contributed by atoms with van der Waals surface area (Å²) in [5.41, 5.74) is 2.68. The van der Waals surface area contributed by atoms with Crippen LogP contribution in [0.2, 0.25) is 0 Å². The fraction of sp³-hybridized carbons (Fsp3) is 0.500. The first kappa shape index (κ1) is 21.7. The Hall–Kier alpha value is -2.51. The average molecular weight is 426 g/mol. The third-order valence-electron chi connectivity index (χ3n) is 6.85. The molecule has 0 radical (unpaired) electrons. The number of aliphatic hydroxyl groups is 1. The van der Waals surface area contributed by atoms with E-state index in [2.05, 4.69) is 40.0 Å². The van der Waals surface area contributed by atoms with Crippen LogP contribution in [0.3, 0.4) is 0 Å². The molecule has 1 N–H and O–H groups in total. The van der Waals surface area contributed by atoms with Crippen molar-refractivity contribution in [1.82, 2.24) is 19.7 Å². The topological polar surface area (TPSA) is 57.4 Å². The Morgan fingerprint density at radius 2 is 1.74 bits per heavy atom. The molecule has 2 saturated heterocycles. The molecule has 1 aromatic carbocycles. The van der Waals surface area contributed by atoms with Crippen LogP contribution in [0, 0.1) is 5.82 Å². The molecule has 2 fully saturated rings. The second-order valence-electron chi connectivity index (χ2n) is 8.88. The highest BCUT2D eigenvalue weighted by Crippen LogP contribution is 2.39. The summed E-state index contributed by atoms with van der Waals surface area (Å²) in [5.74, 6) is -0.298. The van der Waals surface area contributed by atoms with Crippen molar-refractivity contribution < 1.29 is 9.50 Å². The Balaban J connectivity index is 1.74. The van der Waals surface area contributed by atoms with Crippen molar-refractivity contribution >= 4 is 5.69 Å². The second kappa shape index (κ2) is 8.93. The van der Waals surface area contributed by atoms with E-state index in [0.717, 1.165) is 63.1 Å². The summed E-state index contributed by atoms with van der Waals surface area (Å²) in [6.45, 7) is 13.7. The van der Waals surface area contributed by atoms with Gasteiger partial charge in [-0.25, -0.2) is 14.1 Å². The van der Waals surface area contributed by atoms with Gasteiger partial charge in [0.15, 0.2) is 0 Å². The van der Waals surface area contributed by atoms with E-state index in [1.54, 1.807) is 23.1 Å². The molecule has 4 rings (SSSR count). The zero-order chi connectivity index (χ0) is 22.0. The van der Waals surface area contributed by atoms with E-state index in [1.807, 2.05) is 0 Å². The number of benzene rings is 1. The first-order valence-electron chi connectivity index (χ1n) is 11.0. The lowest BCUT2D eigenvalue weighted by Gasteiger charge is -2.45. The number of hydrogen-bond donors (Lipinski definition) is 1. The molecule has 7 heteroatoms. The molecule has 0 saturated carbocycles. The van der Waals surface area contributed by atoms with E-state index in [9.17, 15) is 9.50 Å². The molecule has 0 bridgehead atoms. The van der Waals surface area contributed by atoms with Gasteiger partial charge in [0.25, 0.3) is 0 Å². The normalized spacial score (nSPS) is 21.2. The van der Waals surface area contributed by atoms with Gasteiger partial charge in [-0.3, -0.25) is 4.90 Å². The maximum absolute atomic E-state index is 14.4. The van der Waals surface area contributed by atoms with Crippen LogP contribution in [0.15, 0.2) is 55.2 Å². The van der Waals surface area contributed by atoms with Gasteiger partial charge in [-0.15, -0.1) is 0 Å². The highest BCUT2D eigenvalue weighted by atomic mass is 19.1. The molecule has 3 heterocycles. The van der Waals surface area contributed by atoms with E-state index >= 15 is 0 Å². The molecule has 0 amide bonds. The number of halogens is 1. The molecular weight excluding hydrogens is 393 g/mol. The molecule has 0 spiro atoms. The Morgan fingerprint density at radius 3 is 2.35 bits per heavy atom. The molecule has 1 aromatic heterocycles. The van der Waals surface area contributed by atoms with Crippen molar-refractivity contribution in [3.05, 3.63) is 66.5 Å². The lowest BCUT2D eigenvalue weighted by molar-refractivity contribution is -0.0630. The van der Waals surface area contributed by atoms with E-state index in [1.165, 1.54) is 23.5 Å². The predicted octanol–water partition coefficient (Wildman–Crippen LogP) is 3.50. The summed E-state index contributed by atoms with van der Waals surface area (Å²) in [4.78, 5) is 8.53. The van der Waals surface area contributed by atoms with Crippen LogP contribution in [0.5, 0.6) is 0 Å². The van der Waals surface area contributed by atoms with Crippen LogP contribution in [0.25, 0.3) is 0 Å². The Morgan fingerprint density at radius 1 is 1.10 bits per heavy atom. The Labute approximate surface area is 183 Å². The first-order chi connectivity index (χ1) is 14.9. The lowest BCUT2D eigenvalue weighted by atomic mass is 9.83. The van der Waals surface area contributed by atoms with Gasteiger partial charge in [0.1, 0.15) is 24.1 Å². The largest absolute Gasteiger partial charge is 0.381 e. The summed E-state index contributed by atoms with van der Waals surface area (Å²) in [6, 6.07) is 4.54. The highest BCUT2D eigenvalue weighted by Gasteiger charge is 2.42. The second-order valence-corrected chi connectivity index (χ2v) is 8.88. The van der Waals surface area contributed by atoms with Gasteiger partial charge in [0.2, 0.25) is 0 Å². The predicted molar refractivity (Wildman–Crippen MR) is 120 cm³/mol. The first-order valence-corrected chi connectivity index (χ1v) is 11.0. The highest BCUT2D eigenvalue weighted by molar-refractivity contribution is 5.57. The molecule has 166 valence electrons. The lowest BCUT2D eigenvalue weighted by Crippen LogP contribution is -2.53. The van der Waals surface area contributed by atoms with Crippen LogP contribution >= 0.6 is 0 Å². The van der Waals surface area contributed by atoms with Crippen molar-refractivity contribution in [3.8, 4) is 0 Å². The summed E-state index contributed by atoms with van der Waals surface area (Å²) >= 11 is 0. The molecule has 2 atom stereocenters. The number of nitrogens with zero attached hydrogens (tertiary/aromatic N) is 5. The minimum Gasteiger partial charge on any atom is -0.381 e. The van der Waals surface area contributed by atoms with E-state index < -0.39 is 5.60 Å². The van der Waals surface area contributed by atoms with Gasteiger partial charge in [-0.2, -0.15) is 5.10 Å². The standard InChI is InChI=1S/C24H32FN5O/c1-18-6-10-28(11-7-18)20(3)24(31,15-30-17-26-16-27-30)22-5-4-21(25)14-23(22)29-12-8-19(2)9-13-29/h4-5,14,16-17,20,31H,1-2,6-13,15H2,3H3/t20-,24?/m1/s1.